The molecule has 0 saturated heterocycles. The second-order valence-corrected chi connectivity index (χ2v) is 7.72. The van der Waals surface area contributed by atoms with E-state index in [0.717, 1.165) is 19.3 Å². The van der Waals surface area contributed by atoms with E-state index in [4.69, 9.17) is 14.2 Å². The molecular formula is C20H35NO6. The minimum Gasteiger partial charge on any atom is -0.466 e. The van der Waals surface area contributed by atoms with Gasteiger partial charge in [-0.2, -0.15) is 0 Å². The first-order valence-corrected chi connectivity index (χ1v) is 9.95. The number of carbonyl (C=O) groups excluding carboxylic acids is 3. The molecule has 1 fully saturated rings. The van der Waals surface area contributed by atoms with Crippen LogP contribution in [-0.4, -0.2) is 49.8 Å². The van der Waals surface area contributed by atoms with Gasteiger partial charge in [0.05, 0.1) is 25.7 Å². The van der Waals surface area contributed by atoms with Crippen molar-refractivity contribution in [3.05, 3.63) is 0 Å². The zero-order chi connectivity index (χ0) is 20.4. The van der Waals surface area contributed by atoms with Gasteiger partial charge >= 0.3 is 11.9 Å². The molecule has 1 rings (SSSR count). The molecule has 0 spiro atoms. The van der Waals surface area contributed by atoms with Crippen molar-refractivity contribution in [1.29, 1.82) is 0 Å². The van der Waals surface area contributed by atoms with E-state index in [1.807, 2.05) is 0 Å². The molecule has 0 radical (unpaired) electrons. The molecule has 7 nitrogen and oxygen atoms in total. The Hall–Kier alpha value is -1.63. The van der Waals surface area contributed by atoms with Crippen LogP contribution in [0.2, 0.25) is 0 Å². The van der Waals surface area contributed by atoms with Gasteiger partial charge in [-0.1, -0.05) is 27.2 Å². The molecule has 1 aliphatic carbocycles. The van der Waals surface area contributed by atoms with Crippen molar-refractivity contribution in [3.8, 4) is 0 Å². The third-order valence-electron chi connectivity index (χ3n) is 5.39. The van der Waals surface area contributed by atoms with Crippen LogP contribution >= 0.6 is 0 Å². The van der Waals surface area contributed by atoms with Gasteiger partial charge in [-0.3, -0.25) is 9.59 Å². The van der Waals surface area contributed by atoms with Crippen LogP contribution in [0.1, 0.15) is 66.7 Å². The molecule has 1 amide bonds. The Morgan fingerprint density at radius 2 is 1.81 bits per heavy atom. The first-order chi connectivity index (χ1) is 12.7. The lowest BCUT2D eigenvalue weighted by atomic mass is 9.67. The Balaban J connectivity index is 2.55. The molecule has 0 bridgehead atoms. The smallest absolute Gasteiger partial charge is 0.329 e. The number of amides is 1. The molecule has 1 saturated carbocycles. The van der Waals surface area contributed by atoms with Gasteiger partial charge in [-0.15, -0.1) is 0 Å². The highest BCUT2D eigenvalue weighted by molar-refractivity contribution is 5.88. The van der Waals surface area contributed by atoms with Crippen molar-refractivity contribution in [1.82, 2.24) is 5.32 Å². The van der Waals surface area contributed by atoms with Crippen LogP contribution in [0, 0.1) is 11.3 Å². The van der Waals surface area contributed by atoms with Crippen molar-refractivity contribution in [3.63, 3.8) is 0 Å². The lowest BCUT2D eigenvalue weighted by Gasteiger charge is -2.41. The average Bonchev–Trinajstić information content (AvgIpc) is 2.60. The topological polar surface area (TPSA) is 90.9 Å². The standard InChI is InChI=1S/C20H35NO6/c1-6-25-18(23)11-16(19(24)26-7-2)21-17(22)13-27-15-9-8-10-20(5,12-15)14(3)4/h14-16H,6-13H2,1-5H3,(H,21,22)/t15?,16-,20?/m1/s1. The van der Waals surface area contributed by atoms with Gasteiger partial charge in [-0.25, -0.2) is 4.79 Å². The summed E-state index contributed by atoms with van der Waals surface area (Å²) in [6, 6.07) is -1.06. The highest BCUT2D eigenvalue weighted by Crippen LogP contribution is 2.42. The van der Waals surface area contributed by atoms with Crippen molar-refractivity contribution in [2.24, 2.45) is 11.3 Å². The third-order valence-corrected chi connectivity index (χ3v) is 5.39. The molecule has 0 aliphatic heterocycles. The summed E-state index contributed by atoms with van der Waals surface area (Å²) in [5.74, 6) is -1.09. The highest BCUT2D eigenvalue weighted by atomic mass is 16.5. The van der Waals surface area contributed by atoms with Gasteiger partial charge < -0.3 is 19.5 Å². The number of esters is 2. The number of hydrogen-bond donors (Lipinski definition) is 1. The minimum atomic E-state index is -1.06. The third kappa shape index (κ3) is 7.87. The lowest BCUT2D eigenvalue weighted by Crippen LogP contribution is -2.45. The van der Waals surface area contributed by atoms with E-state index < -0.39 is 23.9 Å². The van der Waals surface area contributed by atoms with Crippen molar-refractivity contribution < 1.29 is 28.6 Å². The molecule has 2 unspecified atom stereocenters. The maximum atomic E-state index is 12.2. The van der Waals surface area contributed by atoms with Gasteiger partial charge in [0.25, 0.3) is 0 Å². The maximum absolute atomic E-state index is 12.2. The van der Waals surface area contributed by atoms with E-state index >= 15 is 0 Å². The van der Waals surface area contributed by atoms with Crippen LogP contribution in [0.15, 0.2) is 0 Å². The van der Waals surface area contributed by atoms with Crippen LogP contribution in [0.5, 0.6) is 0 Å². The average molecular weight is 386 g/mol. The zero-order valence-electron chi connectivity index (χ0n) is 17.3. The summed E-state index contributed by atoms with van der Waals surface area (Å²) in [4.78, 5) is 35.9. The highest BCUT2D eigenvalue weighted by Gasteiger charge is 2.35. The van der Waals surface area contributed by atoms with Gasteiger partial charge in [0.1, 0.15) is 12.6 Å². The van der Waals surface area contributed by atoms with E-state index in [9.17, 15) is 14.4 Å². The number of carbonyl (C=O) groups is 3. The van der Waals surface area contributed by atoms with Crippen molar-refractivity contribution in [2.45, 2.75) is 78.9 Å². The van der Waals surface area contributed by atoms with Gasteiger partial charge in [0.2, 0.25) is 5.91 Å². The minimum absolute atomic E-state index is 0.0306. The largest absolute Gasteiger partial charge is 0.466 e. The summed E-state index contributed by atoms with van der Waals surface area (Å²) >= 11 is 0. The van der Waals surface area contributed by atoms with Gasteiger partial charge in [0.15, 0.2) is 0 Å². The van der Waals surface area contributed by atoms with Crippen molar-refractivity contribution >= 4 is 17.8 Å². The molecule has 0 aromatic carbocycles. The van der Waals surface area contributed by atoms with Gasteiger partial charge in [0, 0.05) is 0 Å². The Bertz CT molecular complexity index is 507. The van der Waals surface area contributed by atoms with E-state index in [1.54, 1.807) is 13.8 Å². The predicted molar refractivity (Wildman–Crippen MR) is 101 cm³/mol. The summed E-state index contributed by atoms with van der Waals surface area (Å²) < 4.78 is 15.6. The lowest BCUT2D eigenvalue weighted by molar-refractivity contribution is -0.153. The van der Waals surface area contributed by atoms with Gasteiger partial charge in [-0.05, 0) is 44.4 Å². The predicted octanol–water partition coefficient (Wildman–Crippen LogP) is 2.61. The van der Waals surface area contributed by atoms with Crippen LogP contribution in [-0.2, 0) is 28.6 Å². The SMILES string of the molecule is CCOC(=O)C[C@@H](NC(=O)COC1CCCC(C)(C(C)C)C1)C(=O)OCC. The summed E-state index contributed by atoms with van der Waals surface area (Å²) in [7, 11) is 0. The number of hydrogen-bond acceptors (Lipinski definition) is 6. The van der Waals surface area contributed by atoms with Crippen molar-refractivity contribution in [2.75, 3.05) is 19.8 Å². The molecule has 0 aromatic heterocycles. The van der Waals surface area contributed by atoms with Crippen LogP contribution in [0.25, 0.3) is 0 Å². The Kier molecular flexibility index (Phi) is 9.77. The molecule has 1 aliphatic rings. The zero-order valence-corrected chi connectivity index (χ0v) is 17.3. The van der Waals surface area contributed by atoms with E-state index in [-0.39, 0.29) is 37.8 Å². The summed E-state index contributed by atoms with van der Waals surface area (Å²) in [6.45, 7) is 10.3. The van der Waals surface area contributed by atoms with Crippen LogP contribution in [0.4, 0.5) is 0 Å². The van der Waals surface area contributed by atoms with Crippen LogP contribution in [0.3, 0.4) is 0 Å². The second-order valence-electron chi connectivity index (χ2n) is 7.72. The molecule has 3 atom stereocenters. The Morgan fingerprint density at radius 1 is 1.15 bits per heavy atom. The molecule has 0 heterocycles. The van der Waals surface area contributed by atoms with Crippen LogP contribution < -0.4 is 5.32 Å². The maximum Gasteiger partial charge on any atom is 0.329 e. The molecule has 156 valence electrons. The molecule has 1 N–H and O–H groups in total. The molecule has 0 aromatic rings. The summed E-state index contributed by atoms with van der Waals surface area (Å²) in [5, 5.41) is 2.53. The van der Waals surface area contributed by atoms with E-state index in [0.29, 0.717) is 5.92 Å². The Labute approximate surface area is 162 Å². The summed E-state index contributed by atoms with van der Waals surface area (Å²) in [6.07, 6.45) is 3.87. The first-order valence-electron chi connectivity index (χ1n) is 9.95. The van der Waals surface area contributed by atoms with E-state index in [2.05, 4.69) is 26.1 Å². The quantitative estimate of drug-likeness (QED) is 0.581. The number of nitrogens with one attached hydrogen (secondary N) is 1. The fraction of sp³-hybridized carbons (Fsp3) is 0.850. The normalized spacial score (nSPS) is 23.6. The molecule has 27 heavy (non-hydrogen) atoms. The fourth-order valence-corrected chi connectivity index (χ4v) is 3.38. The Morgan fingerprint density at radius 3 is 2.41 bits per heavy atom. The molecule has 7 heteroatoms. The summed E-state index contributed by atoms with van der Waals surface area (Å²) in [5.41, 5.74) is 0.219. The monoisotopic (exact) mass is 385 g/mol. The molecular weight excluding hydrogens is 350 g/mol. The second kappa shape index (κ2) is 11.3. The van der Waals surface area contributed by atoms with E-state index in [1.165, 1.54) is 6.42 Å². The number of ether oxygens (including phenoxy) is 3. The number of rotatable bonds is 10. The first kappa shape index (κ1) is 23.4. The fourth-order valence-electron chi connectivity index (χ4n) is 3.38.